The second-order valence-electron chi connectivity index (χ2n) is 6.02. The van der Waals surface area contributed by atoms with Gasteiger partial charge in [-0.3, -0.25) is 9.79 Å². The van der Waals surface area contributed by atoms with Crippen molar-refractivity contribution in [2.24, 2.45) is 10.9 Å². The van der Waals surface area contributed by atoms with Crippen LogP contribution >= 0.6 is 35.3 Å². The van der Waals surface area contributed by atoms with E-state index in [4.69, 9.17) is 4.74 Å². The molecule has 24 heavy (non-hydrogen) atoms. The van der Waals surface area contributed by atoms with Gasteiger partial charge in [0.25, 0.3) is 0 Å². The highest BCUT2D eigenvalue weighted by atomic mass is 127. The summed E-state index contributed by atoms with van der Waals surface area (Å²) in [6.07, 6.45) is 1.61. The Morgan fingerprint density at radius 3 is 2.67 bits per heavy atom. The highest BCUT2D eigenvalue weighted by Crippen LogP contribution is 2.20. The molecule has 1 aromatic rings. The molecule has 0 atom stereocenters. The lowest BCUT2D eigenvalue weighted by atomic mass is 9.97. The summed E-state index contributed by atoms with van der Waals surface area (Å²) in [6.45, 7) is 6.61. The summed E-state index contributed by atoms with van der Waals surface area (Å²) in [5.74, 6) is 1.25. The third-order valence-electron chi connectivity index (χ3n) is 4.03. The van der Waals surface area contributed by atoms with E-state index in [1.165, 1.54) is 7.11 Å². The standard InChI is InChI=1S/C16H26N4O2S.HI/c1-11(2)14-19-13(10-23-14)9-18-16(17-3)20-7-5-12(6-8-20)15(21)22-4;/h10-12H,5-9H2,1-4H3,(H,17,18);1H. The minimum absolute atomic E-state index is 0. The SMILES string of the molecule is CN=C(NCc1csc(C(C)C)n1)N1CCC(C(=O)OC)CC1.I. The molecule has 0 bridgehead atoms. The molecule has 0 radical (unpaired) electrons. The van der Waals surface area contributed by atoms with Crippen LogP contribution < -0.4 is 5.32 Å². The van der Waals surface area contributed by atoms with Gasteiger partial charge in [0.2, 0.25) is 0 Å². The van der Waals surface area contributed by atoms with E-state index in [2.05, 4.69) is 39.4 Å². The van der Waals surface area contributed by atoms with Crippen molar-refractivity contribution in [1.82, 2.24) is 15.2 Å². The molecule has 136 valence electrons. The van der Waals surface area contributed by atoms with Crippen molar-refractivity contribution in [3.05, 3.63) is 16.1 Å². The summed E-state index contributed by atoms with van der Waals surface area (Å²) in [5.41, 5.74) is 1.05. The average Bonchev–Trinajstić information content (AvgIpc) is 3.04. The summed E-state index contributed by atoms with van der Waals surface area (Å²) >= 11 is 1.70. The predicted molar refractivity (Wildman–Crippen MR) is 108 cm³/mol. The highest BCUT2D eigenvalue weighted by Gasteiger charge is 2.26. The minimum Gasteiger partial charge on any atom is -0.469 e. The summed E-state index contributed by atoms with van der Waals surface area (Å²) in [5, 5.41) is 6.63. The van der Waals surface area contributed by atoms with E-state index in [-0.39, 0.29) is 35.9 Å². The van der Waals surface area contributed by atoms with Crippen LogP contribution in [-0.2, 0) is 16.1 Å². The predicted octanol–water partition coefficient (Wildman–Crippen LogP) is 2.84. The molecule has 1 saturated heterocycles. The number of carbonyl (C=O) groups is 1. The molecule has 1 aliphatic rings. The number of ether oxygens (including phenoxy) is 1. The van der Waals surface area contributed by atoms with Gasteiger partial charge in [-0.05, 0) is 12.8 Å². The first-order valence-corrected chi connectivity index (χ1v) is 8.90. The van der Waals surface area contributed by atoms with Crippen molar-refractivity contribution < 1.29 is 9.53 Å². The Labute approximate surface area is 165 Å². The third-order valence-corrected chi connectivity index (χ3v) is 5.23. The number of carbonyl (C=O) groups excluding carboxylic acids is 1. The average molecular weight is 466 g/mol. The zero-order valence-electron chi connectivity index (χ0n) is 14.7. The molecule has 1 aliphatic heterocycles. The van der Waals surface area contributed by atoms with E-state index >= 15 is 0 Å². The van der Waals surface area contributed by atoms with Gasteiger partial charge in [0.15, 0.2) is 5.96 Å². The summed E-state index contributed by atoms with van der Waals surface area (Å²) in [4.78, 5) is 22.8. The molecule has 1 aromatic heterocycles. The molecule has 0 saturated carbocycles. The Morgan fingerprint density at radius 1 is 1.50 bits per heavy atom. The van der Waals surface area contributed by atoms with Gasteiger partial charge < -0.3 is 15.0 Å². The Morgan fingerprint density at radius 2 is 2.17 bits per heavy atom. The minimum atomic E-state index is -0.101. The lowest BCUT2D eigenvalue weighted by Crippen LogP contribution is -2.46. The molecule has 1 fully saturated rings. The maximum atomic E-state index is 11.6. The topological polar surface area (TPSA) is 66.8 Å². The Bertz CT molecular complexity index is 554. The molecular formula is C16H27IN4O2S. The monoisotopic (exact) mass is 466 g/mol. The largest absolute Gasteiger partial charge is 0.469 e. The van der Waals surface area contributed by atoms with Crippen LogP contribution in [0.25, 0.3) is 0 Å². The van der Waals surface area contributed by atoms with Gasteiger partial charge in [0.1, 0.15) is 0 Å². The molecule has 8 heteroatoms. The van der Waals surface area contributed by atoms with Crippen LogP contribution in [0.15, 0.2) is 10.4 Å². The van der Waals surface area contributed by atoms with E-state index in [0.29, 0.717) is 12.5 Å². The number of hydrogen-bond donors (Lipinski definition) is 1. The number of aliphatic imine (C=N–C) groups is 1. The van der Waals surface area contributed by atoms with Crippen molar-refractivity contribution in [2.45, 2.75) is 39.2 Å². The molecule has 1 N–H and O–H groups in total. The van der Waals surface area contributed by atoms with Crippen molar-refractivity contribution >= 4 is 47.2 Å². The Kier molecular flexibility index (Phi) is 8.96. The lowest BCUT2D eigenvalue weighted by molar-refractivity contribution is -0.146. The zero-order valence-corrected chi connectivity index (χ0v) is 17.9. The van der Waals surface area contributed by atoms with Crippen LogP contribution in [0.5, 0.6) is 0 Å². The summed E-state index contributed by atoms with van der Waals surface area (Å²) in [6, 6.07) is 0. The fraction of sp³-hybridized carbons (Fsp3) is 0.688. The number of aromatic nitrogens is 1. The van der Waals surface area contributed by atoms with Crippen LogP contribution in [0.1, 0.15) is 43.3 Å². The first kappa shape index (κ1) is 21.1. The number of thiazole rings is 1. The number of methoxy groups -OCH3 is 1. The van der Waals surface area contributed by atoms with E-state index in [1.54, 1.807) is 18.4 Å². The van der Waals surface area contributed by atoms with Gasteiger partial charge in [-0.25, -0.2) is 4.98 Å². The zero-order chi connectivity index (χ0) is 16.8. The van der Waals surface area contributed by atoms with Gasteiger partial charge in [-0.1, -0.05) is 13.8 Å². The second-order valence-corrected chi connectivity index (χ2v) is 6.91. The van der Waals surface area contributed by atoms with Crippen molar-refractivity contribution in [3.63, 3.8) is 0 Å². The maximum Gasteiger partial charge on any atom is 0.308 e. The number of nitrogens with one attached hydrogen (secondary N) is 1. The number of halogens is 1. The van der Waals surface area contributed by atoms with E-state index in [9.17, 15) is 4.79 Å². The number of nitrogens with zero attached hydrogens (tertiary/aromatic N) is 3. The fourth-order valence-electron chi connectivity index (χ4n) is 2.66. The van der Waals surface area contributed by atoms with E-state index in [0.717, 1.165) is 42.6 Å². The number of esters is 1. The molecule has 0 amide bonds. The normalized spacial score (nSPS) is 16.0. The number of piperidine rings is 1. The van der Waals surface area contributed by atoms with E-state index < -0.39 is 0 Å². The van der Waals surface area contributed by atoms with Crippen molar-refractivity contribution in [2.75, 3.05) is 27.2 Å². The smallest absolute Gasteiger partial charge is 0.308 e. The molecule has 2 rings (SSSR count). The van der Waals surface area contributed by atoms with Crippen LogP contribution in [0.3, 0.4) is 0 Å². The summed E-state index contributed by atoms with van der Waals surface area (Å²) in [7, 11) is 3.24. The molecule has 0 aromatic carbocycles. The molecular weight excluding hydrogens is 439 g/mol. The summed E-state index contributed by atoms with van der Waals surface area (Å²) < 4.78 is 4.83. The van der Waals surface area contributed by atoms with Gasteiger partial charge in [-0.15, -0.1) is 35.3 Å². The third kappa shape index (κ3) is 5.58. The molecule has 0 aliphatic carbocycles. The number of likely N-dealkylation sites (tertiary alicyclic amines) is 1. The van der Waals surface area contributed by atoms with Crippen LogP contribution in [-0.4, -0.2) is 49.1 Å². The molecule has 6 nitrogen and oxygen atoms in total. The Balaban J connectivity index is 0.00000288. The first-order chi connectivity index (χ1) is 11.0. The second kappa shape index (κ2) is 10.2. The molecule has 2 heterocycles. The number of hydrogen-bond acceptors (Lipinski definition) is 5. The number of rotatable bonds is 4. The van der Waals surface area contributed by atoms with Crippen molar-refractivity contribution in [1.29, 1.82) is 0 Å². The van der Waals surface area contributed by atoms with Gasteiger partial charge >= 0.3 is 5.97 Å². The number of guanidine groups is 1. The van der Waals surface area contributed by atoms with Crippen LogP contribution in [0.4, 0.5) is 0 Å². The van der Waals surface area contributed by atoms with Crippen LogP contribution in [0, 0.1) is 5.92 Å². The van der Waals surface area contributed by atoms with E-state index in [1.807, 2.05) is 0 Å². The van der Waals surface area contributed by atoms with Crippen molar-refractivity contribution in [3.8, 4) is 0 Å². The maximum absolute atomic E-state index is 11.6. The first-order valence-electron chi connectivity index (χ1n) is 8.02. The van der Waals surface area contributed by atoms with Crippen LogP contribution in [0.2, 0.25) is 0 Å². The molecule has 0 unspecified atom stereocenters. The molecule has 0 spiro atoms. The highest BCUT2D eigenvalue weighted by molar-refractivity contribution is 14.0. The fourth-order valence-corrected chi connectivity index (χ4v) is 3.50. The Hall–Kier alpha value is -0.900. The quantitative estimate of drug-likeness (QED) is 0.320. The van der Waals surface area contributed by atoms with Gasteiger partial charge in [0.05, 0.1) is 30.3 Å². The van der Waals surface area contributed by atoms with Gasteiger partial charge in [-0.2, -0.15) is 0 Å². The lowest BCUT2D eigenvalue weighted by Gasteiger charge is -2.33. The van der Waals surface area contributed by atoms with Gasteiger partial charge in [0, 0.05) is 31.4 Å².